The molecule has 3 rings (SSSR count). The molecule has 2 aromatic rings. The Morgan fingerprint density at radius 3 is 2.68 bits per heavy atom. The minimum atomic E-state index is -0.301. The van der Waals surface area contributed by atoms with Crippen molar-refractivity contribution in [2.75, 3.05) is 6.61 Å². The largest absolute Gasteiger partial charge is 0.469 e. The maximum atomic E-state index is 13.1. The highest BCUT2D eigenvalue weighted by atomic mass is 19.1. The van der Waals surface area contributed by atoms with E-state index in [-0.39, 0.29) is 23.9 Å². The van der Waals surface area contributed by atoms with Gasteiger partial charge in [-0.3, -0.25) is 4.79 Å². The molecule has 1 saturated heterocycles. The minimum Gasteiger partial charge on any atom is -0.469 e. The zero-order valence-electron chi connectivity index (χ0n) is 12.3. The Hall–Kier alpha value is -2.14. The summed E-state index contributed by atoms with van der Waals surface area (Å²) in [5, 5.41) is 2.99. The molecule has 2 heterocycles. The van der Waals surface area contributed by atoms with E-state index in [9.17, 15) is 9.18 Å². The smallest absolute Gasteiger partial charge is 0.255 e. The van der Waals surface area contributed by atoms with Gasteiger partial charge in [-0.25, -0.2) is 4.39 Å². The third kappa shape index (κ3) is 3.04. The van der Waals surface area contributed by atoms with E-state index in [0.717, 1.165) is 18.4 Å². The average Bonchev–Trinajstić information content (AvgIpc) is 3.17. The fourth-order valence-electron chi connectivity index (χ4n) is 2.77. The van der Waals surface area contributed by atoms with Gasteiger partial charge in [0.2, 0.25) is 0 Å². The lowest BCUT2D eigenvalue weighted by molar-refractivity contribution is 0.0671. The van der Waals surface area contributed by atoms with Crippen LogP contribution in [0.3, 0.4) is 0 Å². The fraction of sp³-hybridized carbons (Fsp3) is 0.353. The Labute approximate surface area is 128 Å². The second-order valence-electron chi connectivity index (χ2n) is 5.44. The molecule has 1 aromatic carbocycles. The van der Waals surface area contributed by atoms with Crippen molar-refractivity contribution < 1.29 is 18.3 Å². The zero-order chi connectivity index (χ0) is 15.5. The third-order valence-corrected chi connectivity index (χ3v) is 3.96. The van der Waals surface area contributed by atoms with Crippen LogP contribution in [0, 0.1) is 12.7 Å². The van der Waals surface area contributed by atoms with Crippen LogP contribution in [0.2, 0.25) is 0 Å². The van der Waals surface area contributed by atoms with Crippen molar-refractivity contribution in [2.24, 2.45) is 0 Å². The number of nitrogens with one attached hydrogen (secondary N) is 1. The summed E-state index contributed by atoms with van der Waals surface area (Å²) in [6.07, 6.45) is 3.22. The van der Waals surface area contributed by atoms with Gasteiger partial charge < -0.3 is 14.5 Å². The van der Waals surface area contributed by atoms with Gasteiger partial charge in [0, 0.05) is 6.61 Å². The maximum Gasteiger partial charge on any atom is 0.255 e. The lowest BCUT2D eigenvalue weighted by Crippen LogP contribution is -2.36. The number of halogens is 1. The number of rotatable bonds is 4. The van der Waals surface area contributed by atoms with Crippen LogP contribution in [0.4, 0.5) is 4.39 Å². The SMILES string of the molecule is Cc1occc1C(=O)N[C@@H](c1ccc(F)cc1)[C@H]1CCCO1. The fourth-order valence-corrected chi connectivity index (χ4v) is 2.77. The number of carbonyl (C=O) groups excluding carboxylic acids is 1. The molecular formula is C17H18FNO3. The summed E-state index contributed by atoms with van der Waals surface area (Å²) >= 11 is 0. The third-order valence-electron chi connectivity index (χ3n) is 3.96. The van der Waals surface area contributed by atoms with E-state index in [1.165, 1.54) is 18.4 Å². The van der Waals surface area contributed by atoms with Crippen molar-refractivity contribution in [1.29, 1.82) is 0 Å². The second kappa shape index (κ2) is 6.32. The molecule has 1 aliphatic rings. The molecule has 0 radical (unpaired) electrons. The Kier molecular flexibility index (Phi) is 4.24. The number of carbonyl (C=O) groups is 1. The van der Waals surface area contributed by atoms with Crippen molar-refractivity contribution in [2.45, 2.75) is 31.9 Å². The molecule has 0 spiro atoms. The predicted molar refractivity (Wildman–Crippen MR) is 79.0 cm³/mol. The molecule has 22 heavy (non-hydrogen) atoms. The number of hydrogen-bond donors (Lipinski definition) is 1. The van der Waals surface area contributed by atoms with Gasteiger partial charge in [0.25, 0.3) is 5.91 Å². The lowest BCUT2D eigenvalue weighted by Gasteiger charge is -2.24. The van der Waals surface area contributed by atoms with Crippen LogP contribution < -0.4 is 5.32 Å². The van der Waals surface area contributed by atoms with Gasteiger partial charge >= 0.3 is 0 Å². The van der Waals surface area contributed by atoms with Crippen molar-refractivity contribution in [3.8, 4) is 0 Å². The summed E-state index contributed by atoms with van der Waals surface area (Å²) < 4.78 is 24.0. The number of furan rings is 1. The van der Waals surface area contributed by atoms with Crippen LogP contribution in [-0.2, 0) is 4.74 Å². The monoisotopic (exact) mass is 303 g/mol. The summed E-state index contributed by atoms with van der Waals surface area (Å²) in [6, 6.07) is 7.50. The van der Waals surface area contributed by atoms with Crippen molar-refractivity contribution in [3.63, 3.8) is 0 Å². The van der Waals surface area contributed by atoms with Gasteiger partial charge in [0.05, 0.1) is 24.0 Å². The minimum absolute atomic E-state index is 0.0957. The first kappa shape index (κ1) is 14.8. The Balaban J connectivity index is 1.84. The standard InChI is InChI=1S/C17H18FNO3/c1-11-14(8-10-21-11)17(20)19-16(15-3-2-9-22-15)12-4-6-13(18)7-5-12/h4-8,10,15-16H,2-3,9H2,1H3,(H,19,20)/t15-,16+/m1/s1. The normalized spacial score (nSPS) is 19.1. The highest BCUT2D eigenvalue weighted by molar-refractivity contribution is 5.95. The first-order valence-corrected chi connectivity index (χ1v) is 7.37. The maximum absolute atomic E-state index is 13.1. The van der Waals surface area contributed by atoms with Crippen molar-refractivity contribution >= 4 is 5.91 Å². The average molecular weight is 303 g/mol. The van der Waals surface area contributed by atoms with Crippen LogP contribution in [0.25, 0.3) is 0 Å². The molecule has 0 aliphatic carbocycles. The van der Waals surface area contributed by atoms with E-state index < -0.39 is 0 Å². The van der Waals surface area contributed by atoms with Crippen LogP contribution in [0.1, 0.15) is 40.6 Å². The Bertz CT molecular complexity index is 644. The lowest BCUT2D eigenvalue weighted by atomic mass is 9.98. The van der Waals surface area contributed by atoms with Crippen LogP contribution >= 0.6 is 0 Å². The quantitative estimate of drug-likeness (QED) is 0.942. The Morgan fingerprint density at radius 2 is 2.09 bits per heavy atom. The van der Waals surface area contributed by atoms with E-state index in [1.807, 2.05) is 0 Å². The summed E-state index contributed by atoms with van der Waals surface area (Å²) in [7, 11) is 0. The number of aryl methyl sites for hydroxylation is 1. The van der Waals surface area contributed by atoms with Crippen molar-refractivity contribution in [1.82, 2.24) is 5.32 Å². The van der Waals surface area contributed by atoms with E-state index in [2.05, 4.69) is 5.32 Å². The van der Waals surface area contributed by atoms with E-state index in [4.69, 9.17) is 9.15 Å². The molecule has 4 nitrogen and oxygen atoms in total. The molecule has 0 bridgehead atoms. The Morgan fingerprint density at radius 1 is 1.32 bits per heavy atom. The molecule has 1 N–H and O–H groups in total. The number of hydrogen-bond acceptors (Lipinski definition) is 3. The molecule has 116 valence electrons. The number of amides is 1. The summed E-state index contributed by atoms with van der Waals surface area (Å²) in [4.78, 5) is 12.4. The highest BCUT2D eigenvalue weighted by Crippen LogP contribution is 2.27. The first-order valence-electron chi connectivity index (χ1n) is 7.37. The first-order chi connectivity index (χ1) is 10.6. The van der Waals surface area contributed by atoms with Crippen LogP contribution in [0.15, 0.2) is 41.0 Å². The predicted octanol–water partition coefficient (Wildman–Crippen LogP) is 3.38. The topological polar surface area (TPSA) is 51.5 Å². The van der Waals surface area contributed by atoms with Gasteiger partial charge in [-0.15, -0.1) is 0 Å². The molecule has 1 fully saturated rings. The number of ether oxygens (including phenoxy) is 1. The summed E-state index contributed by atoms with van der Waals surface area (Å²) in [5.41, 5.74) is 1.34. The summed E-state index contributed by atoms with van der Waals surface area (Å²) in [6.45, 7) is 2.43. The molecule has 5 heteroatoms. The van der Waals surface area contributed by atoms with E-state index in [0.29, 0.717) is 17.9 Å². The molecule has 1 aromatic heterocycles. The molecule has 1 aliphatic heterocycles. The number of benzene rings is 1. The van der Waals surface area contributed by atoms with Gasteiger partial charge in [0.1, 0.15) is 11.6 Å². The summed E-state index contributed by atoms with van der Waals surface area (Å²) in [5.74, 6) is 0.0608. The second-order valence-corrected chi connectivity index (χ2v) is 5.44. The van der Waals surface area contributed by atoms with Crippen molar-refractivity contribution in [3.05, 3.63) is 59.3 Å². The van der Waals surface area contributed by atoms with Gasteiger partial charge in [0.15, 0.2) is 0 Å². The highest BCUT2D eigenvalue weighted by Gasteiger charge is 2.29. The molecule has 0 saturated carbocycles. The van der Waals surface area contributed by atoms with E-state index >= 15 is 0 Å². The van der Waals surface area contributed by atoms with Gasteiger partial charge in [-0.2, -0.15) is 0 Å². The van der Waals surface area contributed by atoms with Crippen LogP contribution in [0.5, 0.6) is 0 Å². The molecule has 1 amide bonds. The molecule has 0 unspecified atom stereocenters. The van der Waals surface area contributed by atoms with Gasteiger partial charge in [-0.1, -0.05) is 12.1 Å². The van der Waals surface area contributed by atoms with E-state index in [1.54, 1.807) is 25.1 Å². The zero-order valence-corrected chi connectivity index (χ0v) is 12.3. The van der Waals surface area contributed by atoms with Gasteiger partial charge in [-0.05, 0) is 43.5 Å². The molecular weight excluding hydrogens is 285 g/mol. The molecule has 2 atom stereocenters. The van der Waals surface area contributed by atoms with Crippen LogP contribution in [-0.4, -0.2) is 18.6 Å².